The van der Waals surface area contributed by atoms with Gasteiger partial charge in [0.15, 0.2) is 0 Å². The summed E-state index contributed by atoms with van der Waals surface area (Å²) >= 11 is 0. The number of piperidine rings is 1. The largest absolute Gasteiger partial charge is 0.478 e. The molecule has 2 N–H and O–H groups in total. The van der Waals surface area contributed by atoms with Crippen LogP contribution >= 0.6 is 0 Å². The summed E-state index contributed by atoms with van der Waals surface area (Å²) in [4.78, 5) is 4.35. The van der Waals surface area contributed by atoms with Gasteiger partial charge in [-0.15, -0.1) is 0 Å². The molecule has 0 unspecified atom stereocenters. The molecule has 106 valence electrons. The minimum Gasteiger partial charge on any atom is -0.478 e. The summed E-state index contributed by atoms with van der Waals surface area (Å²) in [7, 11) is 0. The molecule has 5 heteroatoms. The zero-order valence-corrected chi connectivity index (χ0v) is 11.5. The van der Waals surface area contributed by atoms with Crippen molar-refractivity contribution in [1.82, 2.24) is 10.3 Å². The lowest BCUT2D eigenvalue weighted by Crippen LogP contribution is -2.33. The van der Waals surface area contributed by atoms with Crippen molar-refractivity contribution in [2.75, 3.05) is 38.2 Å². The van der Waals surface area contributed by atoms with Crippen LogP contribution in [0.15, 0.2) is 18.2 Å². The molecule has 0 bridgehead atoms. The molecular weight excluding hydrogens is 242 g/mol. The number of nitrogens with one attached hydrogen (secondary N) is 2. The van der Waals surface area contributed by atoms with Crippen molar-refractivity contribution in [1.29, 1.82) is 0 Å². The zero-order chi connectivity index (χ0) is 13.3. The fourth-order valence-corrected chi connectivity index (χ4v) is 2.11. The molecule has 0 aliphatic carbocycles. The van der Waals surface area contributed by atoms with Crippen molar-refractivity contribution in [3.8, 4) is 5.88 Å². The third-order valence-electron chi connectivity index (χ3n) is 3.06. The van der Waals surface area contributed by atoms with E-state index in [9.17, 15) is 0 Å². The lowest BCUT2D eigenvalue weighted by Gasteiger charge is -2.23. The molecule has 0 atom stereocenters. The van der Waals surface area contributed by atoms with E-state index in [1.807, 2.05) is 25.1 Å². The van der Waals surface area contributed by atoms with E-state index in [1.54, 1.807) is 0 Å². The first-order valence-corrected chi connectivity index (χ1v) is 7.04. The van der Waals surface area contributed by atoms with E-state index in [-0.39, 0.29) is 0 Å². The maximum atomic E-state index is 5.82. The molecule has 1 fully saturated rings. The smallest absolute Gasteiger partial charge is 0.215 e. The highest BCUT2D eigenvalue weighted by Gasteiger charge is 2.12. The fraction of sp³-hybridized carbons (Fsp3) is 0.643. The summed E-state index contributed by atoms with van der Waals surface area (Å²) in [6.07, 6.45) is 2.63. The van der Waals surface area contributed by atoms with Crippen LogP contribution in [0.4, 0.5) is 5.82 Å². The van der Waals surface area contributed by atoms with E-state index in [1.165, 1.54) is 0 Å². The predicted octanol–water partition coefficient (Wildman–Crippen LogP) is 1.66. The molecule has 2 rings (SSSR count). The van der Waals surface area contributed by atoms with Crippen molar-refractivity contribution in [2.45, 2.75) is 25.9 Å². The monoisotopic (exact) mass is 265 g/mol. The van der Waals surface area contributed by atoms with Gasteiger partial charge in [-0.2, -0.15) is 4.98 Å². The molecule has 2 heterocycles. The van der Waals surface area contributed by atoms with Crippen molar-refractivity contribution < 1.29 is 9.47 Å². The molecule has 1 aliphatic heterocycles. The number of anilines is 1. The van der Waals surface area contributed by atoms with Gasteiger partial charge in [-0.05, 0) is 38.9 Å². The first-order valence-electron chi connectivity index (χ1n) is 7.04. The van der Waals surface area contributed by atoms with Crippen LogP contribution in [0.3, 0.4) is 0 Å². The highest BCUT2D eigenvalue weighted by atomic mass is 16.5. The normalized spacial score (nSPS) is 16.3. The Kier molecular flexibility index (Phi) is 5.91. The first kappa shape index (κ1) is 14.1. The minimum atomic E-state index is 0.408. The van der Waals surface area contributed by atoms with Gasteiger partial charge < -0.3 is 20.1 Å². The lowest BCUT2D eigenvalue weighted by molar-refractivity contribution is 0.0394. The molecule has 1 aromatic heterocycles. The SMILES string of the molecule is CCOc1cccc(NCCOC2CCNCC2)n1. The summed E-state index contributed by atoms with van der Waals surface area (Å²) < 4.78 is 11.2. The molecular formula is C14H23N3O2. The van der Waals surface area contributed by atoms with E-state index >= 15 is 0 Å². The maximum Gasteiger partial charge on any atom is 0.215 e. The standard InChI is InChI=1S/C14H23N3O2/c1-2-18-14-5-3-4-13(17-14)16-10-11-19-12-6-8-15-9-7-12/h3-5,12,15H,2,6-11H2,1H3,(H,16,17). The van der Waals surface area contributed by atoms with E-state index in [0.29, 0.717) is 25.2 Å². The third kappa shape index (κ3) is 5.04. The van der Waals surface area contributed by atoms with Crippen LogP contribution in [0.5, 0.6) is 5.88 Å². The fourth-order valence-electron chi connectivity index (χ4n) is 2.11. The lowest BCUT2D eigenvalue weighted by atomic mass is 10.1. The predicted molar refractivity (Wildman–Crippen MR) is 75.7 cm³/mol. The number of aromatic nitrogens is 1. The molecule has 5 nitrogen and oxygen atoms in total. The van der Waals surface area contributed by atoms with Gasteiger partial charge in [0, 0.05) is 12.6 Å². The Hall–Kier alpha value is -1.33. The second-order valence-corrected chi connectivity index (χ2v) is 4.54. The summed E-state index contributed by atoms with van der Waals surface area (Å²) in [6.45, 7) is 6.20. The number of hydrogen-bond donors (Lipinski definition) is 2. The highest BCUT2D eigenvalue weighted by molar-refractivity contribution is 5.36. The van der Waals surface area contributed by atoms with E-state index in [2.05, 4.69) is 15.6 Å². The Morgan fingerprint density at radius 2 is 2.21 bits per heavy atom. The Balaban J connectivity index is 1.65. The summed E-state index contributed by atoms with van der Waals surface area (Å²) in [5.41, 5.74) is 0. The Labute approximate surface area is 114 Å². The Morgan fingerprint density at radius 3 is 3.00 bits per heavy atom. The second-order valence-electron chi connectivity index (χ2n) is 4.54. The number of rotatable bonds is 7. The highest BCUT2D eigenvalue weighted by Crippen LogP contribution is 2.11. The molecule has 19 heavy (non-hydrogen) atoms. The molecule has 0 spiro atoms. The average Bonchev–Trinajstić information content (AvgIpc) is 2.46. The number of pyridine rings is 1. The number of hydrogen-bond acceptors (Lipinski definition) is 5. The van der Waals surface area contributed by atoms with Gasteiger partial charge in [0.1, 0.15) is 5.82 Å². The van der Waals surface area contributed by atoms with Gasteiger partial charge in [0.25, 0.3) is 0 Å². The molecule has 0 amide bonds. The number of nitrogens with zero attached hydrogens (tertiary/aromatic N) is 1. The zero-order valence-electron chi connectivity index (χ0n) is 11.5. The van der Waals surface area contributed by atoms with Gasteiger partial charge >= 0.3 is 0 Å². The molecule has 0 aromatic carbocycles. The average molecular weight is 265 g/mol. The topological polar surface area (TPSA) is 55.4 Å². The second kappa shape index (κ2) is 7.96. The van der Waals surface area contributed by atoms with E-state index in [4.69, 9.17) is 9.47 Å². The quantitative estimate of drug-likeness (QED) is 0.734. The summed E-state index contributed by atoms with van der Waals surface area (Å²) in [5.74, 6) is 1.49. The molecule has 1 aromatic rings. The van der Waals surface area contributed by atoms with E-state index in [0.717, 1.165) is 38.3 Å². The van der Waals surface area contributed by atoms with Gasteiger partial charge in [0.05, 0.1) is 19.3 Å². The minimum absolute atomic E-state index is 0.408. The Bertz CT molecular complexity index is 367. The Morgan fingerprint density at radius 1 is 1.37 bits per heavy atom. The van der Waals surface area contributed by atoms with Crippen LogP contribution in [0.1, 0.15) is 19.8 Å². The summed E-state index contributed by atoms with van der Waals surface area (Å²) in [5, 5.41) is 6.58. The van der Waals surface area contributed by atoms with Crippen molar-refractivity contribution in [3.63, 3.8) is 0 Å². The number of ether oxygens (including phenoxy) is 2. The van der Waals surface area contributed by atoms with Gasteiger partial charge in [-0.1, -0.05) is 6.07 Å². The van der Waals surface area contributed by atoms with Crippen molar-refractivity contribution >= 4 is 5.82 Å². The van der Waals surface area contributed by atoms with E-state index < -0.39 is 0 Å². The summed E-state index contributed by atoms with van der Waals surface area (Å²) in [6, 6.07) is 5.74. The van der Waals surface area contributed by atoms with Crippen LogP contribution in [0.2, 0.25) is 0 Å². The van der Waals surface area contributed by atoms with Crippen LogP contribution in [-0.4, -0.2) is 43.9 Å². The van der Waals surface area contributed by atoms with Crippen molar-refractivity contribution in [2.24, 2.45) is 0 Å². The molecule has 0 saturated carbocycles. The van der Waals surface area contributed by atoms with Crippen LogP contribution in [0, 0.1) is 0 Å². The molecule has 1 saturated heterocycles. The van der Waals surface area contributed by atoms with Crippen molar-refractivity contribution in [3.05, 3.63) is 18.2 Å². The molecule has 0 radical (unpaired) electrons. The van der Waals surface area contributed by atoms with Gasteiger partial charge in [-0.3, -0.25) is 0 Å². The van der Waals surface area contributed by atoms with Gasteiger partial charge in [0.2, 0.25) is 5.88 Å². The third-order valence-corrected chi connectivity index (χ3v) is 3.06. The molecule has 1 aliphatic rings. The van der Waals surface area contributed by atoms with Crippen LogP contribution in [-0.2, 0) is 4.74 Å². The van der Waals surface area contributed by atoms with Crippen LogP contribution in [0.25, 0.3) is 0 Å². The van der Waals surface area contributed by atoms with Crippen LogP contribution < -0.4 is 15.4 Å². The first-order chi connectivity index (χ1) is 9.38. The van der Waals surface area contributed by atoms with Gasteiger partial charge in [-0.25, -0.2) is 0 Å². The maximum absolute atomic E-state index is 5.82.